The molecule has 16 heavy (non-hydrogen) atoms. The van der Waals surface area contributed by atoms with Gasteiger partial charge in [-0.25, -0.2) is 9.59 Å². The van der Waals surface area contributed by atoms with E-state index < -0.39 is 16.0 Å². The Hall–Kier alpha value is -1.02. The molecule has 0 fully saturated rings. The summed E-state index contributed by atoms with van der Waals surface area (Å²) in [6, 6.07) is 0. The van der Waals surface area contributed by atoms with E-state index in [9.17, 15) is 18.0 Å². The number of methoxy groups -OCH3 is 1. The zero-order valence-electron chi connectivity index (χ0n) is 7.76. The highest BCUT2D eigenvalue weighted by molar-refractivity contribution is 9.10. The first-order chi connectivity index (χ1) is 7.44. The minimum atomic E-state index is -4.22. The van der Waals surface area contributed by atoms with E-state index in [1.165, 1.54) is 5.38 Å². The van der Waals surface area contributed by atoms with Crippen LogP contribution < -0.4 is 0 Å². The van der Waals surface area contributed by atoms with E-state index in [1.807, 2.05) is 0 Å². The van der Waals surface area contributed by atoms with Crippen molar-refractivity contribution in [3.8, 4) is 0 Å². The Kier molecular flexibility index (Phi) is 3.98. The van der Waals surface area contributed by atoms with Gasteiger partial charge in [-0.2, -0.15) is 8.42 Å². The summed E-state index contributed by atoms with van der Waals surface area (Å²) in [5, 5.41) is 1.39. The van der Waals surface area contributed by atoms with Crippen molar-refractivity contribution in [1.82, 2.24) is 0 Å². The van der Waals surface area contributed by atoms with Crippen molar-refractivity contribution >= 4 is 49.3 Å². The molecule has 1 rings (SSSR count). The number of hydrogen-bond acceptors (Lipinski definition) is 6. The molecule has 1 heterocycles. The van der Waals surface area contributed by atoms with Crippen LogP contribution in [0.5, 0.6) is 0 Å². The van der Waals surface area contributed by atoms with Gasteiger partial charge in [0.2, 0.25) is 0 Å². The molecule has 1 aromatic heterocycles. The van der Waals surface area contributed by atoms with Gasteiger partial charge in [0.1, 0.15) is 9.77 Å². The summed E-state index contributed by atoms with van der Waals surface area (Å²) in [7, 11) is -3.10. The second kappa shape index (κ2) is 4.88. The quantitative estimate of drug-likeness (QED) is 0.475. The molecule has 0 aliphatic carbocycles. The van der Waals surface area contributed by atoms with Gasteiger partial charge in [-0.1, -0.05) is 4.40 Å². The van der Waals surface area contributed by atoms with E-state index in [1.54, 1.807) is 0 Å². The van der Waals surface area contributed by atoms with Crippen LogP contribution in [-0.2, 0) is 19.6 Å². The molecule has 9 heteroatoms. The molecule has 0 bridgehead atoms. The van der Waals surface area contributed by atoms with E-state index in [0.717, 1.165) is 24.5 Å². The summed E-state index contributed by atoms with van der Waals surface area (Å²) in [5.41, 5.74) is 0. The Balaban J connectivity index is 3.50. The molecule has 0 spiro atoms. The zero-order valence-corrected chi connectivity index (χ0v) is 11.0. The number of halogens is 1. The number of ether oxygens (including phenoxy) is 1. The molecule has 86 valence electrons. The smallest absolute Gasteiger partial charge is 0.349 e. The summed E-state index contributed by atoms with van der Waals surface area (Å²) in [6.45, 7) is 0. The molecule has 1 aromatic rings. The van der Waals surface area contributed by atoms with Crippen LogP contribution in [0.4, 0.5) is 0 Å². The van der Waals surface area contributed by atoms with Crippen LogP contribution in [0.15, 0.2) is 19.1 Å². The molecule has 0 aliphatic rings. The summed E-state index contributed by atoms with van der Waals surface area (Å²) < 4.78 is 30.2. The standard InChI is InChI=1S/C7H4BrNO5S2/c1-14-7(11)5-6(4(8)2-15-5)16(12,13)9-3-10/h2H,1H3. The minimum Gasteiger partial charge on any atom is -0.465 e. The molecule has 0 unspecified atom stereocenters. The van der Waals surface area contributed by atoms with E-state index in [4.69, 9.17) is 0 Å². The lowest BCUT2D eigenvalue weighted by Crippen LogP contribution is -2.06. The van der Waals surface area contributed by atoms with Crippen molar-refractivity contribution < 1.29 is 22.7 Å². The fourth-order valence-corrected chi connectivity index (χ4v) is 4.20. The fraction of sp³-hybridized carbons (Fsp3) is 0.143. The van der Waals surface area contributed by atoms with Gasteiger partial charge < -0.3 is 4.74 Å². The maximum Gasteiger partial charge on any atom is 0.349 e. The Morgan fingerprint density at radius 3 is 2.75 bits per heavy atom. The summed E-state index contributed by atoms with van der Waals surface area (Å²) >= 11 is 3.83. The van der Waals surface area contributed by atoms with Crippen LogP contribution in [0, 0.1) is 0 Å². The average molecular weight is 326 g/mol. The first-order valence-corrected chi connectivity index (χ1v) is 6.74. The first-order valence-electron chi connectivity index (χ1n) is 3.63. The number of esters is 1. The van der Waals surface area contributed by atoms with Crippen LogP contribution in [0.1, 0.15) is 9.67 Å². The zero-order chi connectivity index (χ0) is 12.3. The molecule has 0 aliphatic heterocycles. The summed E-state index contributed by atoms with van der Waals surface area (Å²) in [5.74, 6) is -0.810. The minimum absolute atomic E-state index is 0.145. The topological polar surface area (TPSA) is 89.9 Å². The lowest BCUT2D eigenvalue weighted by molar-refractivity contribution is 0.0602. The van der Waals surface area contributed by atoms with Crippen molar-refractivity contribution in [3.05, 3.63) is 14.7 Å². The Labute approximate surface area is 103 Å². The summed E-state index contributed by atoms with van der Waals surface area (Å²) in [4.78, 5) is 20.7. The van der Waals surface area contributed by atoms with E-state index in [2.05, 4.69) is 25.1 Å². The van der Waals surface area contributed by atoms with Gasteiger partial charge >= 0.3 is 5.97 Å². The van der Waals surface area contributed by atoms with E-state index >= 15 is 0 Å². The van der Waals surface area contributed by atoms with Crippen LogP contribution in [-0.4, -0.2) is 27.6 Å². The van der Waals surface area contributed by atoms with Gasteiger partial charge in [0, 0.05) is 9.85 Å². The third kappa shape index (κ3) is 2.38. The molecule has 0 saturated carbocycles. The number of carbonyl (C=O) groups excluding carboxylic acids is 2. The highest BCUT2D eigenvalue weighted by Gasteiger charge is 2.28. The van der Waals surface area contributed by atoms with Crippen molar-refractivity contribution in [2.45, 2.75) is 4.90 Å². The fourth-order valence-electron chi connectivity index (χ4n) is 0.895. The molecule has 0 saturated heterocycles. The molecular weight excluding hydrogens is 322 g/mol. The van der Waals surface area contributed by atoms with Gasteiger partial charge in [0.05, 0.1) is 7.11 Å². The van der Waals surface area contributed by atoms with Crippen LogP contribution in [0.25, 0.3) is 0 Å². The number of hydrogen-bond donors (Lipinski definition) is 0. The molecule has 0 N–H and O–H groups in total. The number of thiophene rings is 1. The Morgan fingerprint density at radius 2 is 2.25 bits per heavy atom. The monoisotopic (exact) mass is 325 g/mol. The molecular formula is C7H4BrNO5S2. The predicted octanol–water partition coefficient (Wildman–Crippen LogP) is 1.32. The number of carbonyl (C=O) groups is 1. The van der Waals surface area contributed by atoms with E-state index in [0.29, 0.717) is 0 Å². The van der Waals surface area contributed by atoms with Crippen molar-refractivity contribution in [2.75, 3.05) is 7.11 Å². The highest BCUT2D eigenvalue weighted by Crippen LogP contribution is 2.33. The highest BCUT2D eigenvalue weighted by atomic mass is 79.9. The molecule has 0 radical (unpaired) electrons. The Morgan fingerprint density at radius 1 is 1.62 bits per heavy atom. The largest absolute Gasteiger partial charge is 0.465 e. The molecule has 0 atom stereocenters. The van der Waals surface area contributed by atoms with Crippen molar-refractivity contribution in [3.63, 3.8) is 0 Å². The third-order valence-electron chi connectivity index (χ3n) is 1.49. The number of rotatable bonds is 3. The third-order valence-corrected chi connectivity index (χ3v) is 5.02. The van der Waals surface area contributed by atoms with Gasteiger partial charge in [-0.3, -0.25) is 0 Å². The van der Waals surface area contributed by atoms with Crippen LogP contribution in [0.3, 0.4) is 0 Å². The number of nitrogens with zero attached hydrogens (tertiary/aromatic N) is 1. The van der Waals surface area contributed by atoms with Gasteiger partial charge in [-0.15, -0.1) is 11.3 Å². The van der Waals surface area contributed by atoms with Crippen LogP contribution >= 0.6 is 27.3 Å². The second-order valence-corrected chi connectivity index (χ2v) is 5.67. The SMILES string of the molecule is COC(=O)c1scc(Br)c1S(=O)(=O)N=C=O. The average Bonchev–Trinajstić information content (AvgIpc) is 2.59. The summed E-state index contributed by atoms with van der Waals surface area (Å²) in [6.07, 6.45) is 0.926. The molecule has 6 nitrogen and oxygen atoms in total. The molecule has 0 amide bonds. The van der Waals surface area contributed by atoms with Crippen molar-refractivity contribution in [2.24, 2.45) is 4.40 Å². The van der Waals surface area contributed by atoms with Gasteiger partial charge in [0.25, 0.3) is 16.1 Å². The lowest BCUT2D eigenvalue weighted by Gasteiger charge is -1.99. The van der Waals surface area contributed by atoms with Crippen LogP contribution in [0.2, 0.25) is 0 Å². The number of isocyanates is 1. The van der Waals surface area contributed by atoms with Gasteiger partial charge in [-0.05, 0) is 15.9 Å². The number of sulfonamides is 1. The normalized spacial score (nSPS) is 10.6. The Bertz CT molecular complexity index is 570. The van der Waals surface area contributed by atoms with E-state index in [-0.39, 0.29) is 14.2 Å². The maximum atomic E-state index is 11.5. The lowest BCUT2D eigenvalue weighted by atomic mass is 10.5. The van der Waals surface area contributed by atoms with Gasteiger partial charge in [0.15, 0.2) is 0 Å². The first kappa shape index (κ1) is 13.0. The molecule has 0 aromatic carbocycles. The predicted molar refractivity (Wildman–Crippen MR) is 58.7 cm³/mol. The second-order valence-electron chi connectivity index (χ2n) is 2.39. The van der Waals surface area contributed by atoms with Crippen molar-refractivity contribution in [1.29, 1.82) is 0 Å². The maximum absolute atomic E-state index is 11.5.